The fourth-order valence-corrected chi connectivity index (χ4v) is 2.49. The van der Waals surface area contributed by atoms with Crippen LogP contribution in [-0.2, 0) is 9.84 Å². The molecule has 0 aromatic rings. The summed E-state index contributed by atoms with van der Waals surface area (Å²) in [4.78, 5) is 2.47. The van der Waals surface area contributed by atoms with Gasteiger partial charge in [-0.1, -0.05) is 0 Å². The zero-order valence-corrected chi connectivity index (χ0v) is 13.2. The Labute approximate surface area is 112 Å². The quantitative estimate of drug-likeness (QED) is 0.821. The third-order valence-electron chi connectivity index (χ3n) is 4.08. The molecule has 1 rings (SSSR count). The molecule has 0 bridgehead atoms. The average molecular weight is 276 g/mol. The lowest BCUT2D eigenvalue weighted by Crippen LogP contribution is -2.49. The van der Waals surface area contributed by atoms with Crippen LogP contribution in [-0.4, -0.2) is 56.0 Å². The number of hydrogen-bond donors (Lipinski definition) is 1. The minimum atomic E-state index is -3.00. The van der Waals surface area contributed by atoms with Crippen LogP contribution in [0.4, 0.5) is 0 Å². The van der Waals surface area contributed by atoms with E-state index in [0.29, 0.717) is 18.6 Å². The second-order valence-electron chi connectivity index (χ2n) is 6.32. The van der Waals surface area contributed by atoms with Crippen LogP contribution in [0.15, 0.2) is 0 Å². The summed E-state index contributed by atoms with van der Waals surface area (Å²) < 4.78 is 22.6. The molecule has 1 heterocycles. The third kappa shape index (κ3) is 4.21. The molecule has 108 valence electrons. The molecule has 0 atom stereocenters. The Morgan fingerprint density at radius 2 is 1.78 bits per heavy atom. The van der Waals surface area contributed by atoms with Crippen molar-refractivity contribution in [1.82, 2.24) is 10.2 Å². The summed E-state index contributed by atoms with van der Waals surface area (Å²) in [6.07, 6.45) is 3.53. The highest BCUT2D eigenvalue weighted by Gasteiger charge is 2.31. The molecule has 1 N–H and O–H groups in total. The molecule has 0 aliphatic carbocycles. The Hall–Kier alpha value is -0.130. The van der Waals surface area contributed by atoms with E-state index in [4.69, 9.17) is 0 Å². The Kier molecular flexibility index (Phi) is 5.21. The number of likely N-dealkylation sites (tertiary alicyclic amines) is 1. The summed E-state index contributed by atoms with van der Waals surface area (Å²) >= 11 is 0. The summed E-state index contributed by atoms with van der Waals surface area (Å²) in [6.45, 7) is 10.8. The summed E-state index contributed by atoms with van der Waals surface area (Å²) in [5.41, 5.74) is 0. The first-order valence-electron chi connectivity index (χ1n) is 6.80. The zero-order chi connectivity index (χ0) is 14.0. The smallest absolute Gasteiger partial charge is 0.153 e. The highest BCUT2D eigenvalue weighted by molar-refractivity contribution is 7.92. The summed E-state index contributed by atoms with van der Waals surface area (Å²) in [7, 11) is -3.00. The van der Waals surface area contributed by atoms with E-state index in [9.17, 15) is 8.42 Å². The van der Waals surface area contributed by atoms with E-state index < -0.39 is 14.6 Å². The van der Waals surface area contributed by atoms with Crippen molar-refractivity contribution in [2.75, 3.05) is 25.9 Å². The minimum absolute atomic E-state index is 0.459. The average Bonchev–Trinajstić information content (AvgIpc) is 2.25. The van der Waals surface area contributed by atoms with Crippen molar-refractivity contribution < 1.29 is 8.42 Å². The Morgan fingerprint density at radius 3 is 2.17 bits per heavy atom. The fourth-order valence-electron chi connectivity index (χ4n) is 2.14. The first kappa shape index (κ1) is 15.9. The molecule has 0 aromatic heterocycles. The number of nitrogens with zero attached hydrogens (tertiary/aromatic N) is 1. The lowest BCUT2D eigenvalue weighted by atomic mass is 10.0. The van der Waals surface area contributed by atoms with Gasteiger partial charge in [-0.3, -0.25) is 0 Å². The van der Waals surface area contributed by atoms with Gasteiger partial charge >= 0.3 is 0 Å². The van der Waals surface area contributed by atoms with Crippen molar-refractivity contribution >= 4 is 9.84 Å². The van der Waals surface area contributed by atoms with Crippen LogP contribution >= 0.6 is 0 Å². The second-order valence-corrected chi connectivity index (χ2v) is 8.97. The predicted octanol–water partition coefficient (Wildman–Crippen LogP) is 1.27. The molecule has 1 aliphatic heterocycles. The number of piperidine rings is 1. The lowest BCUT2D eigenvalue weighted by molar-refractivity contribution is 0.160. The van der Waals surface area contributed by atoms with Crippen molar-refractivity contribution in [3.05, 3.63) is 0 Å². The van der Waals surface area contributed by atoms with Crippen molar-refractivity contribution in [2.45, 2.75) is 57.4 Å². The normalized spacial score (nSPS) is 20.6. The van der Waals surface area contributed by atoms with Gasteiger partial charge in [0.25, 0.3) is 0 Å². The van der Waals surface area contributed by atoms with E-state index in [1.165, 1.54) is 6.26 Å². The van der Waals surface area contributed by atoms with Gasteiger partial charge in [-0.05, 0) is 53.6 Å². The highest BCUT2D eigenvalue weighted by atomic mass is 32.2. The van der Waals surface area contributed by atoms with Gasteiger partial charge < -0.3 is 10.2 Å². The molecule has 0 saturated carbocycles. The number of sulfone groups is 1. The SMILES string of the molecule is CC(C)N1CCC(NCC(C)(C)S(C)(=O)=O)CC1. The molecule has 0 unspecified atom stereocenters. The van der Waals surface area contributed by atoms with Crippen LogP contribution in [0.25, 0.3) is 0 Å². The van der Waals surface area contributed by atoms with Crippen LogP contribution in [0, 0.1) is 0 Å². The lowest BCUT2D eigenvalue weighted by Gasteiger charge is -2.36. The molecule has 0 amide bonds. The van der Waals surface area contributed by atoms with Crippen LogP contribution in [0.2, 0.25) is 0 Å². The topological polar surface area (TPSA) is 49.4 Å². The van der Waals surface area contributed by atoms with Gasteiger partial charge in [0, 0.05) is 24.9 Å². The van der Waals surface area contributed by atoms with E-state index in [0.717, 1.165) is 25.9 Å². The standard InChI is InChI=1S/C13H28N2O2S/c1-11(2)15-8-6-12(7-9-15)14-10-13(3,4)18(5,16)17/h11-12,14H,6-10H2,1-5H3. The summed E-state index contributed by atoms with van der Waals surface area (Å²) in [6, 6.07) is 1.07. The van der Waals surface area contributed by atoms with Gasteiger partial charge in [0.05, 0.1) is 4.75 Å². The van der Waals surface area contributed by atoms with E-state index in [2.05, 4.69) is 24.1 Å². The maximum atomic E-state index is 11.6. The first-order chi connectivity index (χ1) is 8.13. The Morgan fingerprint density at radius 1 is 1.28 bits per heavy atom. The molecular formula is C13H28N2O2S. The molecule has 0 aromatic carbocycles. The van der Waals surface area contributed by atoms with Gasteiger partial charge in [0.1, 0.15) is 0 Å². The summed E-state index contributed by atoms with van der Waals surface area (Å²) in [5.74, 6) is 0. The maximum absolute atomic E-state index is 11.6. The number of nitrogens with one attached hydrogen (secondary N) is 1. The molecule has 0 spiro atoms. The van der Waals surface area contributed by atoms with Crippen LogP contribution in [0.3, 0.4) is 0 Å². The van der Waals surface area contributed by atoms with Crippen molar-refractivity contribution in [1.29, 1.82) is 0 Å². The molecule has 1 aliphatic rings. The molecule has 18 heavy (non-hydrogen) atoms. The third-order valence-corrected chi connectivity index (χ3v) is 6.23. The van der Waals surface area contributed by atoms with Gasteiger partial charge in [-0.2, -0.15) is 0 Å². The van der Waals surface area contributed by atoms with Gasteiger partial charge in [0.2, 0.25) is 0 Å². The first-order valence-corrected chi connectivity index (χ1v) is 8.69. The Bertz CT molecular complexity index is 355. The van der Waals surface area contributed by atoms with Crippen molar-refractivity contribution in [3.63, 3.8) is 0 Å². The van der Waals surface area contributed by atoms with E-state index in [1.807, 2.05) is 0 Å². The van der Waals surface area contributed by atoms with Gasteiger partial charge in [-0.25, -0.2) is 8.42 Å². The number of rotatable bonds is 5. The zero-order valence-electron chi connectivity index (χ0n) is 12.4. The predicted molar refractivity (Wildman–Crippen MR) is 76.7 cm³/mol. The second kappa shape index (κ2) is 5.88. The summed E-state index contributed by atoms with van der Waals surface area (Å²) in [5, 5.41) is 3.42. The molecule has 1 fully saturated rings. The van der Waals surface area contributed by atoms with Crippen molar-refractivity contribution in [2.24, 2.45) is 0 Å². The molecule has 0 radical (unpaired) electrons. The van der Waals surface area contributed by atoms with E-state index in [1.54, 1.807) is 13.8 Å². The minimum Gasteiger partial charge on any atom is -0.312 e. The molecule has 1 saturated heterocycles. The van der Waals surface area contributed by atoms with Crippen LogP contribution in [0.5, 0.6) is 0 Å². The molecule has 5 heteroatoms. The van der Waals surface area contributed by atoms with Gasteiger partial charge in [-0.15, -0.1) is 0 Å². The highest BCUT2D eigenvalue weighted by Crippen LogP contribution is 2.17. The van der Waals surface area contributed by atoms with Crippen LogP contribution in [0.1, 0.15) is 40.5 Å². The van der Waals surface area contributed by atoms with Crippen molar-refractivity contribution in [3.8, 4) is 0 Å². The number of hydrogen-bond acceptors (Lipinski definition) is 4. The van der Waals surface area contributed by atoms with E-state index in [-0.39, 0.29) is 0 Å². The van der Waals surface area contributed by atoms with Crippen LogP contribution < -0.4 is 5.32 Å². The van der Waals surface area contributed by atoms with E-state index >= 15 is 0 Å². The molecule has 4 nitrogen and oxygen atoms in total. The molecular weight excluding hydrogens is 248 g/mol. The largest absolute Gasteiger partial charge is 0.312 e. The Balaban J connectivity index is 2.39. The van der Waals surface area contributed by atoms with Gasteiger partial charge in [0.15, 0.2) is 9.84 Å². The fraction of sp³-hybridized carbons (Fsp3) is 1.00. The maximum Gasteiger partial charge on any atom is 0.153 e. The monoisotopic (exact) mass is 276 g/mol.